The van der Waals surface area contributed by atoms with Crippen LogP contribution < -0.4 is 4.74 Å². The molecular formula is C26H29F3O2. The molecule has 1 fully saturated rings. The highest BCUT2D eigenvalue weighted by Gasteiger charge is 2.24. The summed E-state index contributed by atoms with van der Waals surface area (Å²) < 4.78 is 48.5. The number of benzene rings is 2. The molecule has 0 aliphatic heterocycles. The molecule has 2 aromatic carbocycles. The summed E-state index contributed by atoms with van der Waals surface area (Å²) in [5, 5.41) is 9.95. The molecule has 1 saturated carbocycles. The minimum Gasteiger partial charge on any atom is -0.494 e. The first-order valence-corrected chi connectivity index (χ1v) is 11.0. The van der Waals surface area contributed by atoms with Crippen molar-refractivity contribution in [1.29, 1.82) is 0 Å². The van der Waals surface area contributed by atoms with Gasteiger partial charge in [-0.2, -0.15) is 0 Å². The minimum atomic E-state index is -1.03. The molecule has 0 bridgehead atoms. The Hall–Kier alpha value is -2.45. The molecule has 0 radical (unpaired) electrons. The fourth-order valence-electron chi connectivity index (χ4n) is 4.17. The first kappa shape index (κ1) is 23.2. The highest BCUT2D eigenvalue weighted by molar-refractivity contribution is 5.40. The van der Waals surface area contributed by atoms with Gasteiger partial charge in [0.2, 0.25) is 0 Å². The van der Waals surface area contributed by atoms with Crippen molar-refractivity contribution in [1.82, 2.24) is 0 Å². The van der Waals surface area contributed by atoms with E-state index in [4.69, 9.17) is 4.74 Å². The lowest BCUT2D eigenvalue weighted by atomic mass is 9.78. The van der Waals surface area contributed by atoms with Gasteiger partial charge in [0.1, 0.15) is 11.6 Å². The van der Waals surface area contributed by atoms with Gasteiger partial charge >= 0.3 is 0 Å². The molecule has 2 aromatic rings. The molecule has 0 spiro atoms. The summed E-state index contributed by atoms with van der Waals surface area (Å²) in [5.41, 5.74) is 0.677. The smallest absolute Gasteiger partial charge is 0.174 e. The largest absolute Gasteiger partial charge is 0.494 e. The summed E-state index contributed by atoms with van der Waals surface area (Å²) in [5.74, 6) is 4.27. The van der Waals surface area contributed by atoms with E-state index in [2.05, 4.69) is 11.8 Å². The quantitative estimate of drug-likeness (QED) is 0.519. The number of aliphatic hydroxyl groups is 1. The van der Waals surface area contributed by atoms with E-state index in [-0.39, 0.29) is 28.8 Å². The van der Waals surface area contributed by atoms with Crippen molar-refractivity contribution in [2.45, 2.75) is 64.4 Å². The molecule has 5 heteroatoms. The second-order valence-corrected chi connectivity index (χ2v) is 8.07. The summed E-state index contributed by atoms with van der Waals surface area (Å²) in [4.78, 5) is 0. The molecule has 0 saturated heterocycles. The molecule has 166 valence electrons. The summed E-state index contributed by atoms with van der Waals surface area (Å²) >= 11 is 0. The van der Waals surface area contributed by atoms with Gasteiger partial charge in [-0.25, -0.2) is 13.2 Å². The summed E-state index contributed by atoms with van der Waals surface area (Å²) in [6.07, 6.45) is 3.18. The highest BCUT2D eigenvalue weighted by Crippen LogP contribution is 2.37. The number of hydrogen-bond acceptors (Lipinski definition) is 2. The Labute approximate surface area is 182 Å². The van der Waals surface area contributed by atoms with E-state index in [0.717, 1.165) is 25.7 Å². The van der Waals surface area contributed by atoms with Crippen LogP contribution in [0.4, 0.5) is 13.2 Å². The number of aliphatic hydroxyl groups excluding tert-OH is 1. The van der Waals surface area contributed by atoms with Crippen LogP contribution in [0.15, 0.2) is 30.3 Å². The van der Waals surface area contributed by atoms with Crippen LogP contribution in [0.25, 0.3) is 0 Å². The van der Waals surface area contributed by atoms with Crippen molar-refractivity contribution in [2.75, 3.05) is 6.61 Å². The molecule has 31 heavy (non-hydrogen) atoms. The maximum absolute atomic E-state index is 14.4. The van der Waals surface area contributed by atoms with Gasteiger partial charge < -0.3 is 9.84 Å². The second kappa shape index (κ2) is 10.7. The maximum atomic E-state index is 14.4. The van der Waals surface area contributed by atoms with Crippen molar-refractivity contribution in [2.24, 2.45) is 5.92 Å². The minimum absolute atomic E-state index is 0.00429. The molecule has 1 aliphatic rings. The number of ether oxygens (including phenoxy) is 1. The zero-order valence-electron chi connectivity index (χ0n) is 18.1. The van der Waals surface area contributed by atoms with E-state index >= 15 is 0 Å². The monoisotopic (exact) mass is 430 g/mol. The van der Waals surface area contributed by atoms with E-state index in [1.165, 1.54) is 18.2 Å². The molecule has 0 amide bonds. The van der Waals surface area contributed by atoms with Crippen LogP contribution in [0.2, 0.25) is 0 Å². The first-order valence-electron chi connectivity index (χ1n) is 11.0. The SMILES string of the molecule is CCCC(O)c1ccc(C#CC2CCC(c3ccc(OCC)cc3F)CC2)c(F)c1F. The molecule has 1 atom stereocenters. The standard InChI is InChI=1S/C26H29F3O2/c1-3-5-24(30)22-14-12-19(25(28)26(22)29)11-8-17-6-9-18(10-7-17)21-15-13-20(31-4-2)16-23(21)27/h12-18,24,30H,3-7,9-10H2,1-2H3. The number of rotatable bonds is 6. The van der Waals surface area contributed by atoms with Gasteiger partial charge in [0.05, 0.1) is 18.3 Å². The van der Waals surface area contributed by atoms with Crippen LogP contribution in [-0.2, 0) is 0 Å². The third-order valence-corrected chi connectivity index (χ3v) is 5.89. The van der Waals surface area contributed by atoms with Crippen molar-refractivity contribution in [3.05, 3.63) is 64.5 Å². The van der Waals surface area contributed by atoms with Gasteiger partial charge in [-0.1, -0.05) is 37.3 Å². The zero-order valence-corrected chi connectivity index (χ0v) is 18.1. The molecule has 2 nitrogen and oxygen atoms in total. The van der Waals surface area contributed by atoms with Crippen molar-refractivity contribution >= 4 is 0 Å². The van der Waals surface area contributed by atoms with Crippen LogP contribution in [-0.4, -0.2) is 11.7 Å². The average molecular weight is 431 g/mol. The van der Waals surface area contributed by atoms with E-state index in [0.29, 0.717) is 30.8 Å². The zero-order chi connectivity index (χ0) is 22.4. The predicted octanol–water partition coefficient (Wildman–Crippen LogP) is 6.66. The summed E-state index contributed by atoms with van der Waals surface area (Å²) in [6.45, 7) is 4.23. The Balaban J connectivity index is 1.64. The molecule has 1 aliphatic carbocycles. The predicted molar refractivity (Wildman–Crippen MR) is 115 cm³/mol. The lowest BCUT2D eigenvalue weighted by molar-refractivity contribution is 0.160. The van der Waals surface area contributed by atoms with E-state index in [1.807, 2.05) is 13.8 Å². The number of halogens is 3. The van der Waals surface area contributed by atoms with Gasteiger partial charge in [0.15, 0.2) is 11.6 Å². The second-order valence-electron chi connectivity index (χ2n) is 8.07. The average Bonchev–Trinajstić information content (AvgIpc) is 2.76. The summed E-state index contributed by atoms with van der Waals surface area (Å²) in [7, 11) is 0. The van der Waals surface area contributed by atoms with E-state index in [9.17, 15) is 18.3 Å². The third-order valence-electron chi connectivity index (χ3n) is 5.89. The van der Waals surface area contributed by atoms with E-state index < -0.39 is 17.7 Å². The lowest BCUT2D eigenvalue weighted by Crippen LogP contribution is -2.13. The Morgan fingerprint density at radius 3 is 2.42 bits per heavy atom. The molecule has 3 rings (SSSR count). The van der Waals surface area contributed by atoms with Crippen LogP contribution in [0.1, 0.15) is 81.1 Å². The summed E-state index contributed by atoms with van der Waals surface area (Å²) in [6, 6.07) is 7.87. The van der Waals surface area contributed by atoms with Crippen LogP contribution >= 0.6 is 0 Å². The maximum Gasteiger partial charge on any atom is 0.174 e. The van der Waals surface area contributed by atoms with Crippen molar-refractivity contribution in [3.8, 4) is 17.6 Å². The Kier molecular flexibility index (Phi) is 8.03. The van der Waals surface area contributed by atoms with Crippen LogP contribution in [0, 0.1) is 35.2 Å². The van der Waals surface area contributed by atoms with Gasteiger partial charge in [0.25, 0.3) is 0 Å². The van der Waals surface area contributed by atoms with Gasteiger partial charge in [0, 0.05) is 17.5 Å². The van der Waals surface area contributed by atoms with Crippen molar-refractivity contribution < 1.29 is 23.0 Å². The van der Waals surface area contributed by atoms with Crippen LogP contribution in [0.3, 0.4) is 0 Å². The Morgan fingerprint density at radius 2 is 1.77 bits per heavy atom. The Morgan fingerprint density at radius 1 is 1.03 bits per heavy atom. The fraction of sp³-hybridized carbons (Fsp3) is 0.462. The van der Waals surface area contributed by atoms with Gasteiger partial charge in [-0.05, 0) is 62.6 Å². The van der Waals surface area contributed by atoms with Crippen LogP contribution in [0.5, 0.6) is 5.75 Å². The molecule has 1 unspecified atom stereocenters. The normalized spacial score (nSPS) is 19.4. The molecule has 0 heterocycles. The first-order chi connectivity index (χ1) is 14.9. The Bertz CT molecular complexity index is 953. The highest BCUT2D eigenvalue weighted by atomic mass is 19.2. The molecular weight excluding hydrogens is 401 g/mol. The molecule has 1 N–H and O–H groups in total. The van der Waals surface area contributed by atoms with E-state index in [1.54, 1.807) is 12.1 Å². The molecule has 0 aromatic heterocycles. The van der Waals surface area contributed by atoms with Crippen molar-refractivity contribution in [3.63, 3.8) is 0 Å². The lowest BCUT2D eigenvalue weighted by Gasteiger charge is -2.26. The third kappa shape index (κ3) is 5.62. The topological polar surface area (TPSA) is 29.5 Å². The van der Waals surface area contributed by atoms with Gasteiger partial charge in [-0.15, -0.1) is 0 Å². The van der Waals surface area contributed by atoms with Gasteiger partial charge in [-0.3, -0.25) is 0 Å². The fourth-order valence-corrected chi connectivity index (χ4v) is 4.17. The number of hydrogen-bond donors (Lipinski definition) is 1.